The van der Waals surface area contributed by atoms with Crippen molar-refractivity contribution in [3.8, 4) is 22.3 Å². The van der Waals surface area contributed by atoms with Crippen molar-refractivity contribution in [3.05, 3.63) is 96.1 Å². The van der Waals surface area contributed by atoms with Crippen LogP contribution >= 0.6 is 0 Å². The van der Waals surface area contributed by atoms with Gasteiger partial charge >= 0.3 is 0 Å². The first kappa shape index (κ1) is 20.8. The Labute approximate surface area is 213 Å². The number of para-hydroxylation sites is 1. The Hall–Kier alpha value is -3.32. The summed E-state index contributed by atoms with van der Waals surface area (Å²) < 4.78 is 6.17. The lowest BCUT2D eigenvalue weighted by atomic mass is 9.48. The largest absolute Gasteiger partial charge is 0.456 e. The summed E-state index contributed by atoms with van der Waals surface area (Å²) in [5.74, 6) is 2.96. The van der Waals surface area contributed by atoms with E-state index in [4.69, 9.17) is 4.42 Å². The second-order valence-electron chi connectivity index (χ2n) is 12.2. The monoisotopic (exact) mass is 468 g/mol. The van der Waals surface area contributed by atoms with Gasteiger partial charge in [0.1, 0.15) is 11.2 Å². The third-order valence-electron chi connectivity index (χ3n) is 9.66. The average molecular weight is 469 g/mol. The van der Waals surface area contributed by atoms with Crippen LogP contribution in [0.3, 0.4) is 0 Å². The fourth-order valence-corrected chi connectivity index (χ4v) is 8.50. The Morgan fingerprint density at radius 2 is 1.19 bits per heavy atom. The first-order valence-electron chi connectivity index (χ1n) is 13.8. The van der Waals surface area contributed by atoms with E-state index in [1.54, 1.807) is 5.56 Å². The van der Waals surface area contributed by atoms with Crippen molar-refractivity contribution in [2.24, 2.45) is 17.8 Å². The molecule has 4 saturated carbocycles. The molecule has 0 aliphatic heterocycles. The van der Waals surface area contributed by atoms with Crippen LogP contribution in [0.1, 0.15) is 49.7 Å². The van der Waals surface area contributed by atoms with Crippen LogP contribution in [0.4, 0.5) is 0 Å². The molecule has 0 radical (unpaired) electrons. The zero-order valence-corrected chi connectivity index (χ0v) is 21.0. The molecule has 1 heterocycles. The second kappa shape index (κ2) is 7.59. The maximum Gasteiger partial charge on any atom is 0.136 e. The van der Waals surface area contributed by atoms with Crippen molar-refractivity contribution in [3.63, 3.8) is 0 Å². The summed E-state index contributed by atoms with van der Waals surface area (Å²) >= 11 is 0. The van der Waals surface area contributed by atoms with E-state index in [9.17, 15) is 0 Å². The van der Waals surface area contributed by atoms with Gasteiger partial charge in [-0.2, -0.15) is 0 Å². The molecule has 4 aliphatic rings. The molecule has 5 aromatic rings. The predicted octanol–water partition coefficient (Wildman–Crippen LogP) is 9.70. The molecule has 0 unspecified atom stereocenters. The summed E-state index contributed by atoms with van der Waals surface area (Å²) in [5, 5.41) is 2.37. The highest BCUT2D eigenvalue weighted by atomic mass is 16.3. The van der Waals surface area contributed by atoms with Crippen LogP contribution in [0.15, 0.2) is 89.3 Å². The van der Waals surface area contributed by atoms with Gasteiger partial charge in [0, 0.05) is 10.8 Å². The Morgan fingerprint density at radius 1 is 0.583 bits per heavy atom. The van der Waals surface area contributed by atoms with E-state index >= 15 is 0 Å². The zero-order chi connectivity index (χ0) is 23.9. The van der Waals surface area contributed by atoms with Gasteiger partial charge in [0.15, 0.2) is 0 Å². The molecule has 4 fully saturated rings. The minimum absolute atomic E-state index is 0.465. The average Bonchev–Trinajstić information content (AvgIpc) is 3.26. The van der Waals surface area contributed by atoms with E-state index in [0.717, 1.165) is 28.9 Å². The molecular weight excluding hydrogens is 436 g/mol. The van der Waals surface area contributed by atoms with Crippen molar-refractivity contribution >= 4 is 21.9 Å². The van der Waals surface area contributed by atoms with E-state index < -0.39 is 0 Å². The molecule has 9 rings (SSSR count). The maximum atomic E-state index is 6.17. The van der Waals surface area contributed by atoms with Gasteiger partial charge in [-0.15, -0.1) is 0 Å². The number of benzene rings is 4. The third-order valence-corrected chi connectivity index (χ3v) is 9.66. The Morgan fingerprint density at radius 3 is 1.92 bits per heavy atom. The molecule has 178 valence electrons. The molecule has 1 nitrogen and oxygen atoms in total. The molecule has 0 atom stereocenters. The van der Waals surface area contributed by atoms with E-state index in [-0.39, 0.29) is 0 Å². The molecule has 4 aliphatic carbocycles. The van der Waals surface area contributed by atoms with Gasteiger partial charge in [0.05, 0.1) is 0 Å². The van der Waals surface area contributed by atoms with Gasteiger partial charge in [0.2, 0.25) is 0 Å². The maximum absolute atomic E-state index is 6.17. The van der Waals surface area contributed by atoms with Crippen LogP contribution in [-0.2, 0) is 5.41 Å². The fourth-order valence-electron chi connectivity index (χ4n) is 8.50. The zero-order valence-electron chi connectivity index (χ0n) is 21.0. The highest BCUT2D eigenvalue weighted by Gasteiger charge is 2.51. The van der Waals surface area contributed by atoms with Crippen LogP contribution in [0.25, 0.3) is 44.2 Å². The SMILES string of the molecule is Cc1cc(-c2ccc(C34CC5CC(CC(C5)C3)C4)cc2)cc(-c2ccc3c(c2)oc2ccccc23)c1. The van der Waals surface area contributed by atoms with Gasteiger partial charge in [0.25, 0.3) is 0 Å². The summed E-state index contributed by atoms with van der Waals surface area (Å²) in [5.41, 5.74) is 10.3. The Balaban J connectivity index is 1.14. The number of aryl methyl sites for hydroxylation is 1. The van der Waals surface area contributed by atoms with Crippen molar-refractivity contribution < 1.29 is 4.42 Å². The predicted molar refractivity (Wildman–Crippen MR) is 149 cm³/mol. The van der Waals surface area contributed by atoms with Gasteiger partial charge in [-0.05, 0) is 126 Å². The Bertz CT molecular complexity index is 1580. The Kier molecular flexibility index (Phi) is 4.39. The molecule has 4 bridgehead atoms. The first-order valence-corrected chi connectivity index (χ1v) is 13.8. The molecular formula is C35H32O. The lowest BCUT2D eigenvalue weighted by Gasteiger charge is -2.57. The molecule has 0 amide bonds. The minimum atomic E-state index is 0.465. The highest BCUT2D eigenvalue weighted by Crippen LogP contribution is 2.60. The van der Waals surface area contributed by atoms with Crippen LogP contribution < -0.4 is 0 Å². The first-order chi connectivity index (χ1) is 17.6. The quantitative estimate of drug-likeness (QED) is 0.257. The standard InChI is InChI=1S/C35H32O/c1-22-12-28(17-29(13-22)27-8-11-32-31-4-2-3-5-33(31)36-34(32)18-27)26-6-9-30(10-7-26)35-19-23-14-24(20-35)16-25(15-23)21-35/h2-13,17-18,23-25H,14-16,19-21H2,1H3. The van der Waals surface area contributed by atoms with Crippen molar-refractivity contribution in [2.75, 3.05) is 0 Å². The molecule has 0 N–H and O–H groups in total. The van der Waals surface area contributed by atoms with E-state index in [1.165, 1.54) is 77.1 Å². The summed E-state index contributed by atoms with van der Waals surface area (Å²) in [6, 6.07) is 31.6. The lowest BCUT2D eigenvalue weighted by molar-refractivity contribution is -0.00518. The summed E-state index contributed by atoms with van der Waals surface area (Å²) in [7, 11) is 0. The third kappa shape index (κ3) is 3.22. The summed E-state index contributed by atoms with van der Waals surface area (Å²) in [6.07, 6.45) is 8.79. The number of fused-ring (bicyclic) bond motifs is 3. The van der Waals surface area contributed by atoms with Crippen molar-refractivity contribution in [1.29, 1.82) is 0 Å². The van der Waals surface area contributed by atoms with Gasteiger partial charge in [-0.25, -0.2) is 0 Å². The lowest BCUT2D eigenvalue weighted by Crippen LogP contribution is -2.48. The van der Waals surface area contributed by atoms with Crippen LogP contribution in [-0.4, -0.2) is 0 Å². The highest BCUT2D eigenvalue weighted by molar-refractivity contribution is 6.05. The molecule has 36 heavy (non-hydrogen) atoms. The number of furan rings is 1. The molecule has 0 saturated heterocycles. The normalized spacial score (nSPS) is 26.8. The van der Waals surface area contributed by atoms with Crippen molar-refractivity contribution in [2.45, 2.75) is 50.9 Å². The van der Waals surface area contributed by atoms with E-state index in [2.05, 4.69) is 79.7 Å². The van der Waals surface area contributed by atoms with Gasteiger partial charge < -0.3 is 4.42 Å². The number of hydrogen-bond acceptors (Lipinski definition) is 1. The van der Waals surface area contributed by atoms with E-state index in [0.29, 0.717) is 5.41 Å². The number of hydrogen-bond donors (Lipinski definition) is 0. The van der Waals surface area contributed by atoms with Crippen molar-refractivity contribution in [1.82, 2.24) is 0 Å². The molecule has 1 aromatic heterocycles. The second-order valence-corrected chi connectivity index (χ2v) is 12.2. The van der Waals surface area contributed by atoms with Gasteiger partial charge in [-0.3, -0.25) is 0 Å². The van der Waals surface area contributed by atoms with Crippen LogP contribution in [0, 0.1) is 24.7 Å². The van der Waals surface area contributed by atoms with E-state index in [1.807, 2.05) is 12.1 Å². The van der Waals surface area contributed by atoms with Crippen LogP contribution in [0.5, 0.6) is 0 Å². The fraction of sp³-hybridized carbons (Fsp3) is 0.314. The number of rotatable bonds is 3. The van der Waals surface area contributed by atoms with Gasteiger partial charge in [-0.1, -0.05) is 60.7 Å². The minimum Gasteiger partial charge on any atom is -0.456 e. The molecule has 1 heteroatoms. The summed E-state index contributed by atoms with van der Waals surface area (Å²) in [6.45, 7) is 2.20. The summed E-state index contributed by atoms with van der Waals surface area (Å²) in [4.78, 5) is 0. The van der Waals surface area contributed by atoms with Crippen LogP contribution in [0.2, 0.25) is 0 Å². The topological polar surface area (TPSA) is 13.1 Å². The smallest absolute Gasteiger partial charge is 0.136 e. The molecule has 0 spiro atoms. The molecule has 4 aromatic carbocycles.